The Labute approximate surface area is 93.2 Å². The summed E-state index contributed by atoms with van der Waals surface area (Å²) in [5.74, 6) is -0.378. The third-order valence-corrected chi connectivity index (χ3v) is 2.04. The van der Waals surface area contributed by atoms with Crippen LogP contribution in [0.3, 0.4) is 0 Å². The molecule has 0 saturated carbocycles. The minimum atomic E-state index is -1.55. The lowest BCUT2D eigenvalue weighted by Crippen LogP contribution is -2.10. The molecule has 1 aromatic rings. The molecule has 0 radical (unpaired) electrons. The third-order valence-electron chi connectivity index (χ3n) is 2.04. The van der Waals surface area contributed by atoms with E-state index >= 15 is 0 Å². The van der Waals surface area contributed by atoms with Gasteiger partial charge in [0.15, 0.2) is 17.6 Å². The molecule has 16 heavy (non-hydrogen) atoms. The number of ether oxygens (including phenoxy) is 2. The summed E-state index contributed by atoms with van der Waals surface area (Å²) in [6.07, 6.45) is -1.55. The predicted molar refractivity (Wildman–Crippen MR) is 56.8 cm³/mol. The van der Waals surface area contributed by atoms with E-state index in [1.54, 1.807) is 6.07 Å². The van der Waals surface area contributed by atoms with Crippen molar-refractivity contribution >= 4 is 5.97 Å². The zero-order valence-corrected chi connectivity index (χ0v) is 9.14. The average Bonchev–Trinajstić information content (AvgIpc) is 2.29. The standard InChI is InChI=1S/C11H14O5/c1-3-16-8-5-4-7(6-9(8)15-2)10(12)11(13)14/h4-6,10,12H,3H2,1-2H3,(H,13,14)/t10-/m1/s1. The molecule has 5 nitrogen and oxygen atoms in total. The monoisotopic (exact) mass is 226 g/mol. The molecule has 0 aliphatic heterocycles. The van der Waals surface area contributed by atoms with Gasteiger partial charge in [-0.2, -0.15) is 0 Å². The molecule has 0 unspecified atom stereocenters. The predicted octanol–water partition coefficient (Wildman–Crippen LogP) is 1.21. The molecule has 1 aromatic carbocycles. The fraction of sp³-hybridized carbons (Fsp3) is 0.364. The summed E-state index contributed by atoms with van der Waals surface area (Å²) in [7, 11) is 1.45. The van der Waals surface area contributed by atoms with E-state index in [-0.39, 0.29) is 5.56 Å². The van der Waals surface area contributed by atoms with Crippen LogP contribution in [0.4, 0.5) is 0 Å². The first-order valence-corrected chi connectivity index (χ1v) is 4.81. The molecule has 0 heterocycles. The summed E-state index contributed by atoms with van der Waals surface area (Å²) >= 11 is 0. The first-order valence-electron chi connectivity index (χ1n) is 4.81. The smallest absolute Gasteiger partial charge is 0.337 e. The van der Waals surface area contributed by atoms with Crippen LogP contribution in [-0.2, 0) is 4.79 Å². The number of methoxy groups -OCH3 is 1. The molecule has 88 valence electrons. The number of carbonyl (C=O) groups is 1. The second kappa shape index (κ2) is 5.37. The van der Waals surface area contributed by atoms with Crippen LogP contribution in [0, 0.1) is 0 Å². The number of aliphatic hydroxyl groups excluding tert-OH is 1. The van der Waals surface area contributed by atoms with Gasteiger partial charge in [-0.1, -0.05) is 6.07 Å². The second-order valence-electron chi connectivity index (χ2n) is 3.08. The summed E-state index contributed by atoms with van der Waals surface area (Å²) < 4.78 is 10.3. The summed E-state index contributed by atoms with van der Waals surface area (Å²) in [5, 5.41) is 18.0. The molecule has 0 fully saturated rings. The van der Waals surface area contributed by atoms with Gasteiger partial charge in [0, 0.05) is 0 Å². The highest BCUT2D eigenvalue weighted by Gasteiger charge is 2.17. The Hall–Kier alpha value is -1.75. The van der Waals surface area contributed by atoms with Crippen LogP contribution in [-0.4, -0.2) is 29.9 Å². The molecule has 0 bridgehead atoms. The van der Waals surface area contributed by atoms with Gasteiger partial charge in [0.2, 0.25) is 0 Å². The van der Waals surface area contributed by atoms with E-state index in [9.17, 15) is 9.90 Å². The molecule has 0 amide bonds. The Morgan fingerprint density at radius 2 is 2.12 bits per heavy atom. The van der Waals surface area contributed by atoms with E-state index in [4.69, 9.17) is 14.6 Å². The van der Waals surface area contributed by atoms with Crippen molar-refractivity contribution < 1.29 is 24.5 Å². The lowest BCUT2D eigenvalue weighted by Gasteiger charge is -2.12. The highest BCUT2D eigenvalue weighted by atomic mass is 16.5. The average molecular weight is 226 g/mol. The lowest BCUT2D eigenvalue weighted by atomic mass is 10.1. The van der Waals surface area contributed by atoms with Crippen LogP contribution in [0.5, 0.6) is 11.5 Å². The minimum Gasteiger partial charge on any atom is -0.493 e. The minimum absolute atomic E-state index is 0.257. The van der Waals surface area contributed by atoms with Crippen LogP contribution in [0.25, 0.3) is 0 Å². The molecule has 1 rings (SSSR count). The van der Waals surface area contributed by atoms with Crippen molar-refractivity contribution in [2.24, 2.45) is 0 Å². The van der Waals surface area contributed by atoms with Crippen molar-refractivity contribution in [3.05, 3.63) is 23.8 Å². The molecule has 5 heteroatoms. The SMILES string of the molecule is CCOc1ccc([C@@H](O)C(=O)O)cc1OC. The lowest BCUT2D eigenvalue weighted by molar-refractivity contribution is -0.146. The van der Waals surface area contributed by atoms with E-state index in [1.807, 2.05) is 6.92 Å². The summed E-state index contributed by atoms with van der Waals surface area (Å²) in [5.41, 5.74) is 0.257. The van der Waals surface area contributed by atoms with Gasteiger partial charge in [-0.25, -0.2) is 4.79 Å². The van der Waals surface area contributed by atoms with Crippen molar-refractivity contribution in [2.75, 3.05) is 13.7 Å². The van der Waals surface area contributed by atoms with Crippen molar-refractivity contribution in [1.29, 1.82) is 0 Å². The number of rotatable bonds is 5. The largest absolute Gasteiger partial charge is 0.493 e. The normalized spacial score (nSPS) is 11.9. The molecule has 0 aliphatic rings. The fourth-order valence-electron chi connectivity index (χ4n) is 1.27. The molecular weight excluding hydrogens is 212 g/mol. The Bertz CT molecular complexity index is 375. The van der Waals surface area contributed by atoms with E-state index in [2.05, 4.69) is 0 Å². The van der Waals surface area contributed by atoms with E-state index in [0.717, 1.165) is 0 Å². The van der Waals surface area contributed by atoms with Crippen molar-refractivity contribution in [2.45, 2.75) is 13.0 Å². The Kier molecular flexibility index (Phi) is 4.13. The second-order valence-corrected chi connectivity index (χ2v) is 3.08. The highest BCUT2D eigenvalue weighted by molar-refractivity contribution is 5.74. The van der Waals surface area contributed by atoms with Crippen LogP contribution < -0.4 is 9.47 Å². The number of aliphatic carboxylic acids is 1. The maximum atomic E-state index is 10.6. The van der Waals surface area contributed by atoms with Gasteiger partial charge in [-0.15, -0.1) is 0 Å². The summed E-state index contributed by atoms with van der Waals surface area (Å²) in [4.78, 5) is 10.6. The van der Waals surface area contributed by atoms with Gasteiger partial charge in [-0.05, 0) is 24.6 Å². The number of aliphatic hydroxyl groups is 1. The topological polar surface area (TPSA) is 76.0 Å². The molecule has 0 spiro atoms. The number of benzene rings is 1. The maximum absolute atomic E-state index is 10.6. The van der Waals surface area contributed by atoms with Gasteiger partial charge in [0.05, 0.1) is 13.7 Å². The molecular formula is C11H14O5. The zero-order valence-electron chi connectivity index (χ0n) is 9.14. The molecule has 0 aromatic heterocycles. The van der Waals surface area contributed by atoms with Crippen LogP contribution in [0.1, 0.15) is 18.6 Å². The van der Waals surface area contributed by atoms with Crippen LogP contribution >= 0.6 is 0 Å². The highest BCUT2D eigenvalue weighted by Crippen LogP contribution is 2.30. The van der Waals surface area contributed by atoms with Crippen molar-refractivity contribution in [3.63, 3.8) is 0 Å². The van der Waals surface area contributed by atoms with Crippen molar-refractivity contribution in [3.8, 4) is 11.5 Å². The Morgan fingerprint density at radius 1 is 1.44 bits per heavy atom. The van der Waals surface area contributed by atoms with E-state index in [1.165, 1.54) is 19.2 Å². The fourth-order valence-corrected chi connectivity index (χ4v) is 1.27. The van der Waals surface area contributed by atoms with Gasteiger partial charge in [0.1, 0.15) is 0 Å². The number of hydrogen-bond donors (Lipinski definition) is 2. The first-order chi connectivity index (χ1) is 7.60. The van der Waals surface area contributed by atoms with Gasteiger partial charge in [0.25, 0.3) is 0 Å². The number of carboxylic acid groups (broad SMARTS) is 1. The summed E-state index contributed by atoms with van der Waals surface area (Å²) in [6, 6.07) is 4.51. The Balaban J connectivity index is 3.03. The van der Waals surface area contributed by atoms with Gasteiger partial charge in [-0.3, -0.25) is 0 Å². The van der Waals surface area contributed by atoms with Crippen LogP contribution in [0.15, 0.2) is 18.2 Å². The maximum Gasteiger partial charge on any atom is 0.337 e. The molecule has 1 atom stereocenters. The molecule has 0 aliphatic carbocycles. The van der Waals surface area contributed by atoms with Crippen molar-refractivity contribution in [1.82, 2.24) is 0 Å². The van der Waals surface area contributed by atoms with E-state index < -0.39 is 12.1 Å². The van der Waals surface area contributed by atoms with E-state index in [0.29, 0.717) is 18.1 Å². The molecule has 2 N–H and O–H groups in total. The third kappa shape index (κ3) is 2.64. The zero-order chi connectivity index (χ0) is 12.1. The molecule has 0 saturated heterocycles. The number of carboxylic acids is 1. The van der Waals surface area contributed by atoms with Gasteiger partial charge < -0.3 is 19.7 Å². The summed E-state index contributed by atoms with van der Waals surface area (Å²) in [6.45, 7) is 2.32. The Morgan fingerprint density at radius 3 is 2.62 bits per heavy atom. The first kappa shape index (κ1) is 12.3. The number of hydrogen-bond acceptors (Lipinski definition) is 4. The van der Waals surface area contributed by atoms with Gasteiger partial charge >= 0.3 is 5.97 Å². The quantitative estimate of drug-likeness (QED) is 0.789. The van der Waals surface area contributed by atoms with Crippen LogP contribution in [0.2, 0.25) is 0 Å².